The number of esters is 1. The molecule has 46 heavy (non-hydrogen) atoms. The fourth-order valence-electron chi connectivity index (χ4n) is 4.79. The highest BCUT2D eigenvalue weighted by atomic mass is 35.5. The van der Waals surface area contributed by atoms with E-state index in [1.807, 2.05) is 68.1 Å². The minimum Gasteiger partial charge on any atom is -0.457 e. The van der Waals surface area contributed by atoms with Crippen LogP contribution < -0.4 is 10.1 Å². The number of ether oxygens (including phenoxy) is 2. The third-order valence-corrected chi connectivity index (χ3v) is 7.81. The number of nitriles is 1. The molecule has 0 amide bonds. The number of aromatic nitrogens is 1. The van der Waals surface area contributed by atoms with E-state index in [0.29, 0.717) is 41.1 Å². The van der Waals surface area contributed by atoms with Crippen molar-refractivity contribution in [3.63, 3.8) is 0 Å². The number of hydrogen-bond acceptors (Lipinski definition) is 9. The fraction of sp³-hybridized carbons (Fsp3) is 0.303. The summed E-state index contributed by atoms with van der Waals surface area (Å²) in [6, 6.07) is 21.8. The summed E-state index contributed by atoms with van der Waals surface area (Å²) < 4.78 is 11.4. The van der Waals surface area contributed by atoms with Crippen LogP contribution in [0.5, 0.6) is 11.5 Å². The zero-order chi connectivity index (χ0) is 33.9. The number of halogens is 3. The molecule has 10 nitrogen and oxygen atoms in total. The Hall–Kier alpha value is -4.30. The molecule has 0 saturated heterocycles. The largest absolute Gasteiger partial charge is 0.457 e. The summed E-state index contributed by atoms with van der Waals surface area (Å²) >= 11 is 17.2. The Kier molecular flexibility index (Phi) is 13.2. The summed E-state index contributed by atoms with van der Waals surface area (Å²) in [5, 5.41) is 23.3. The minimum atomic E-state index is -1.03. The van der Waals surface area contributed by atoms with Gasteiger partial charge in [0.1, 0.15) is 27.2 Å². The third kappa shape index (κ3) is 10.4. The maximum absolute atomic E-state index is 12.6. The van der Waals surface area contributed by atoms with Crippen molar-refractivity contribution in [3.05, 3.63) is 122 Å². The number of rotatable bonds is 12. The second-order valence-electron chi connectivity index (χ2n) is 10.8. The van der Waals surface area contributed by atoms with E-state index >= 15 is 0 Å². The first-order valence-corrected chi connectivity index (χ1v) is 15.4. The number of nitrogens with zero attached hydrogens (tertiary/aromatic N) is 4. The number of nitro groups is 1. The Labute approximate surface area is 283 Å². The van der Waals surface area contributed by atoms with Gasteiger partial charge in [0, 0.05) is 31.9 Å². The number of allylic oxidation sites excluding steroid dienone is 1. The minimum absolute atomic E-state index is 0.114. The number of pyridine rings is 1. The molecule has 1 aliphatic carbocycles. The molecule has 0 radical (unpaired) electrons. The first-order valence-electron chi connectivity index (χ1n) is 14.2. The van der Waals surface area contributed by atoms with Crippen molar-refractivity contribution in [1.82, 2.24) is 15.2 Å². The van der Waals surface area contributed by atoms with Crippen molar-refractivity contribution in [3.8, 4) is 17.6 Å². The molecule has 0 bridgehead atoms. The first-order chi connectivity index (χ1) is 21.9. The number of para-hydroxylation sites is 1. The Bertz CT molecular complexity index is 1590. The maximum atomic E-state index is 12.6. The van der Waals surface area contributed by atoms with E-state index in [1.54, 1.807) is 49.7 Å². The lowest BCUT2D eigenvalue weighted by Gasteiger charge is -2.23. The van der Waals surface area contributed by atoms with Gasteiger partial charge in [0.05, 0.1) is 10.8 Å². The first kappa shape index (κ1) is 36.2. The van der Waals surface area contributed by atoms with Crippen LogP contribution in [-0.4, -0.2) is 34.4 Å². The van der Waals surface area contributed by atoms with Crippen LogP contribution in [0.4, 0.5) is 0 Å². The molecule has 1 saturated carbocycles. The molecule has 13 heteroatoms. The van der Waals surface area contributed by atoms with E-state index in [4.69, 9.17) is 44.3 Å². The summed E-state index contributed by atoms with van der Waals surface area (Å²) in [7, 11) is 1.65. The van der Waals surface area contributed by atoms with E-state index in [9.17, 15) is 20.2 Å². The molecule has 242 valence electrons. The molecule has 1 aliphatic rings. The topological polar surface area (TPSA) is 131 Å². The van der Waals surface area contributed by atoms with Crippen molar-refractivity contribution >= 4 is 40.8 Å². The zero-order valence-corrected chi connectivity index (χ0v) is 28.0. The zero-order valence-electron chi connectivity index (χ0n) is 25.7. The summed E-state index contributed by atoms with van der Waals surface area (Å²) in [6.45, 7) is 6.97. The molecule has 3 aromatic rings. The molecular formula is C33H34Cl3N5O5. The second-order valence-corrected chi connectivity index (χ2v) is 12.2. The predicted octanol–water partition coefficient (Wildman–Crippen LogP) is 8.03. The molecule has 1 fully saturated rings. The molecular weight excluding hydrogens is 653 g/mol. The van der Waals surface area contributed by atoms with Gasteiger partial charge in [-0.1, -0.05) is 85.0 Å². The van der Waals surface area contributed by atoms with Crippen LogP contribution in [0.2, 0.25) is 5.15 Å². The number of nitrogens with one attached hydrogen (secondary N) is 1. The van der Waals surface area contributed by atoms with E-state index in [2.05, 4.69) is 10.3 Å². The molecule has 3 atom stereocenters. The molecule has 3 unspecified atom stereocenters. The van der Waals surface area contributed by atoms with Gasteiger partial charge in [-0.15, -0.1) is 0 Å². The van der Waals surface area contributed by atoms with Crippen LogP contribution >= 0.6 is 34.8 Å². The second kappa shape index (κ2) is 16.9. The van der Waals surface area contributed by atoms with Gasteiger partial charge in [-0.05, 0) is 60.2 Å². The Morgan fingerprint density at radius 3 is 2.43 bits per heavy atom. The smallest absolute Gasteiger partial charge is 0.311 e. The molecule has 1 N–H and O–H groups in total. The van der Waals surface area contributed by atoms with Crippen LogP contribution in [-0.2, 0) is 16.1 Å². The monoisotopic (exact) mass is 685 g/mol. The lowest BCUT2D eigenvalue weighted by atomic mass is 10.1. The third-order valence-electron chi connectivity index (χ3n) is 7.33. The summed E-state index contributed by atoms with van der Waals surface area (Å²) in [5.74, 6) is 0.745. The lowest BCUT2D eigenvalue weighted by Crippen LogP contribution is -2.30. The van der Waals surface area contributed by atoms with Gasteiger partial charge in [0.2, 0.25) is 6.10 Å². The van der Waals surface area contributed by atoms with Crippen LogP contribution in [0.3, 0.4) is 0 Å². The van der Waals surface area contributed by atoms with Crippen LogP contribution in [0.1, 0.15) is 38.0 Å². The van der Waals surface area contributed by atoms with E-state index in [1.165, 1.54) is 0 Å². The number of carbonyl (C=O) groups is 1. The molecule has 1 heterocycles. The van der Waals surface area contributed by atoms with Gasteiger partial charge in [-0.2, -0.15) is 5.26 Å². The Morgan fingerprint density at radius 2 is 1.87 bits per heavy atom. The standard InChI is InChI=1S/C22H19Cl2NO3.C11H15ClN4O2/c1-22(2)17(12-19(23)24)20(22)21(26)28-18(13-25)14-7-6-10-16(11-14)27-15-8-4-3-5-9-15;1-3-15(11(13-2)8-16(17)18)7-9-4-5-10(12)14-6-9/h3-12,17-18,20H,1-2H3;4-6,8,13H,3,7H2,1-2H3/b;11-8+. The number of benzene rings is 2. The maximum Gasteiger partial charge on any atom is 0.311 e. The van der Waals surface area contributed by atoms with Gasteiger partial charge in [-0.3, -0.25) is 14.9 Å². The molecule has 0 aliphatic heterocycles. The quantitative estimate of drug-likeness (QED) is 0.0871. The van der Waals surface area contributed by atoms with Gasteiger partial charge in [0.25, 0.3) is 6.20 Å². The van der Waals surface area contributed by atoms with Crippen molar-refractivity contribution in [2.45, 2.75) is 33.4 Å². The van der Waals surface area contributed by atoms with E-state index in [-0.39, 0.29) is 21.7 Å². The Balaban J connectivity index is 0.000000277. The van der Waals surface area contributed by atoms with E-state index in [0.717, 1.165) is 11.8 Å². The van der Waals surface area contributed by atoms with Crippen LogP contribution in [0.25, 0.3) is 0 Å². The SMILES string of the molecule is CC1(C)C(C=C(Cl)Cl)C1C(=O)OC(C#N)c1cccc(Oc2ccccc2)c1.CCN(Cc1ccc(Cl)nc1)/C(=C/[N+](=O)[O-])NC. The van der Waals surface area contributed by atoms with Crippen molar-refractivity contribution < 1.29 is 19.2 Å². The summed E-state index contributed by atoms with van der Waals surface area (Å²) in [4.78, 5) is 28.5. The average Bonchev–Trinajstić information content (AvgIpc) is 3.57. The average molecular weight is 687 g/mol. The lowest BCUT2D eigenvalue weighted by molar-refractivity contribution is -0.404. The molecule has 0 spiro atoms. The molecule has 4 rings (SSSR count). The fourth-order valence-corrected chi connectivity index (χ4v) is 5.17. The molecule has 2 aromatic carbocycles. The Morgan fingerprint density at radius 1 is 1.17 bits per heavy atom. The van der Waals surface area contributed by atoms with Crippen molar-refractivity contribution in [2.75, 3.05) is 13.6 Å². The van der Waals surface area contributed by atoms with Crippen molar-refractivity contribution in [1.29, 1.82) is 5.26 Å². The van der Waals surface area contributed by atoms with Crippen molar-refractivity contribution in [2.24, 2.45) is 17.3 Å². The van der Waals surface area contributed by atoms with Gasteiger partial charge in [-0.25, -0.2) is 4.98 Å². The summed E-state index contributed by atoms with van der Waals surface area (Å²) in [5.41, 5.74) is 1.17. The van der Waals surface area contributed by atoms with Crippen LogP contribution in [0, 0.1) is 38.7 Å². The molecule has 1 aromatic heterocycles. The van der Waals surface area contributed by atoms with Gasteiger partial charge in [0.15, 0.2) is 5.82 Å². The highest BCUT2D eigenvalue weighted by molar-refractivity contribution is 6.55. The predicted molar refractivity (Wildman–Crippen MR) is 177 cm³/mol. The normalized spacial score (nSPS) is 16.8. The van der Waals surface area contributed by atoms with Crippen LogP contribution in [0.15, 0.2) is 95.5 Å². The van der Waals surface area contributed by atoms with Gasteiger partial charge >= 0.3 is 5.97 Å². The number of carbonyl (C=O) groups excluding carboxylic acids is 1. The highest BCUT2D eigenvalue weighted by Crippen LogP contribution is 2.60. The number of hydrogen-bond donors (Lipinski definition) is 1. The van der Waals surface area contributed by atoms with E-state index < -0.39 is 17.0 Å². The highest BCUT2D eigenvalue weighted by Gasteiger charge is 2.62. The summed E-state index contributed by atoms with van der Waals surface area (Å²) in [6.07, 6.45) is 3.22. The van der Waals surface area contributed by atoms with Gasteiger partial charge < -0.3 is 19.7 Å².